The second-order valence-electron chi connectivity index (χ2n) is 3.62. The molecule has 2 N–H and O–H groups in total. The number of hydrogen-bond acceptors (Lipinski definition) is 5. The SMILES string of the molecule is Cc1cc(C(=O)Nc2nccs2)sc1C=CC(=O)O. The van der Waals surface area contributed by atoms with Crippen molar-refractivity contribution in [3.63, 3.8) is 0 Å². The largest absolute Gasteiger partial charge is 0.478 e. The van der Waals surface area contributed by atoms with Crippen molar-refractivity contribution >= 4 is 45.8 Å². The number of anilines is 1. The van der Waals surface area contributed by atoms with Crippen LogP contribution in [0.5, 0.6) is 0 Å². The molecule has 0 aromatic carbocycles. The molecule has 2 aromatic heterocycles. The van der Waals surface area contributed by atoms with Crippen LogP contribution in [-0.4, -0.2) is 22.0 Å². The number of nitrogens with one attached hydrogen (secondary N) is 1. The van der Waals surface area contributed by atoms with Crippen LogP contribution in [0.4, 0.5) is 5.13 Å². The van der Waals surface area contributed by atoms with Crippen LogP contribution < -0.4 is 5.32 Å². The summed E-state index contributed by atoms with van der Waals surface area (Å²) in [5.74, 6) is -1.25. The number of aliphatic carboxylic acids is 1. The molecule has 0 atom stereocenters. The second-order valence-corrected chi connectivity index (χ2v) is 5.60. The number of nitrogens with zero attached hydrogens (tertiary/aromatic N) is 1. The van der Waals surface area contributed by atoms with E-state index in [1.807, 2.05) is 6.92 Å². The Kier molecular flexibility index (Phi) is 4.08. The van der Waals surface area contributed by atoms with Crippen LogP contribution in [0.15, 0.2) is 23.7 Å². The summed E-state index contributed by atoms with van der Waals surface area (Å²) >= 11 is 2.59. The molecule has 0 aliphatic rings. The van der Waals surface area contributed by atoms with Gasteiger partial charge >= 0.3 is 5.97 Å². The van der Waals surface area contributed by atoms with Crippen LogP contribution in [0.1, 0.15) is 20.1 Å². The summed E-state index contributed by atoms with van der Waals surface area (Å²) in [6.45, 7) is 1.83. The van der Waals surface area contributed by atoms with Gasteiger partial charge in [-0.05, 0) is 24.6 Å². The van der Waals surface area contributed by atoms with Gasteiger partial charge < -0.3 is 5.11 Å². The highest BCUT2D eigenvalue weighted by molar-refractivity contribution is 7.15. The summed E-state index contributed by atoms with van der Waals surface area (Å²) in [4.78, 5) is 27.7. The molecule has 1 amide bonds. The van der Waals surface area contributed by atoms with Crippen molar-refractivity contribution in [3.05, 3.63) is 39.0 Å². The maximum absolute atomic E-state index is 11.9. The van der Waals surface area contributed by atoms with Gasteiger partial charge in [0.05, 0.1) is 4.88 Å². The molecule has 2 aromatic rings. The highest BCUT2D eigenvalue weighted by atomic mass is 32.1. The zero-order valence-corrected chi connectivity index (χ0v) is 11.5. The number of hydrogen-bond donors (Lipinski definition) is 2. The minimum Gasteiger partial charge on any atom is -0.478 e. The molecule has 7 heteroatoms. The Morgan fingerprint density at radius 1 is 1.47 bits per heavy atom. The Hall–Kier alpha value is -1.99. The number of carbonyl (C=O) groups is 2. The first-order valence-electron chi connectivity index (χ1n) is 5.28. The number of carbonyl (C=O) groups excluding carboxylic acids is 1. The number of amides is 1. The van der Waals surface area contributed by atoms with Crippen LogP contribution in [-0.2, 0) is 4.79 Å². The van der Waals surface area contributed by atoms with Crippen LogP contribution in [0.2, 0.25) is 0 Å². The van der Waals surface area contributed by atoms with E-state index >= 15 is 0 Å². The molecule has 0 fully saturated rings. The van der Waals surface area contributed by atoms with Gasteiger partial charge in [0.2, 0.25) is 0 Å². The number of aromatic nitrogens is 1. The zero-order valence-electron chi connectivity index (χ0n) is 9.91. The number of rotatable bonds is 4. The number of carboxylic acid groups (broad SMARTS) is 1. The average molecular weight is 294 g/mol. The predicted octanol–water partition coefficient (Wildman–Crippen LogP) is 2.86. The summed E-state index contributed by atoms with van der Waals surface area (Å²) in [6, 6.07) is 1.73. The molecule has 0 saturated heterocycles. The van der Waals surface area contributed by atoms with Gasteiger partial charge in [0.15, 0.2) is 5.13 Å². The maximum Gasteiger partial charge on any atom is 0.328 e. The highest BCUT2D eigenvalue weighted by Crippen LogP contribution is 2.24. The second kappa shape index (κ2) is 5.77. The first-order valence-corrected chi connectivity index (χ1v) is 6.98. The Morgan fingerprint density at radius 3 is 2.89 bits per heavy atom. The van der Waals surface area contributed by atoms with Crippen LogP contribution in [0.25, 0.3) is 6.08 Å². The predicted molar refractivity (Wildman–Crippen MR) is 75.8 cm³/mol. The summed E-state index contributed by atoms with van der Waals surface area (Å²) < 4.78 is 0. The highest BCUT2D eigenvalue weighted by Gasteiger charge is 2.12. The van der Waals surface area contributed by atoms with Gasteiger partial charge in [0.25, 0.3) is 5.91 Å². The Balaban J connectivity index is 2.15. The Morgan fingerprint density at radius 2 is 2.26 bits per heavy atom. The summed E-state index contributed by atoms with van der Waals surface area (Å²) in [5.41, 5.74) is 0.867. The fourth-order valence-electron chi connectivity index (χ4n) is 1.36. The lowest BCUT2D eigenvalue weighted by molar-refractivity contribution is -0.131. The van der Waals surface area contributed by atoms with Gasteiger partial charge in [0, 0.05) is 22.5 Å². The minimum absolute atomic E-state index is 0.238. The first kappa shape index (κ1) is 13.4. The van der Waals surface area contributed by atoms with Crippen molar-refractivity contribution in [1.29, 1.82) is 0 Å². The number of carboxylic acids is 1. The van der Waals surface area contributed by atoms with Crippen molar-refractivity contribution in [1.82, 2.24) is 4.98 Å². The molecule has 0 saturated carbocycles. The quantitative estimate of drug-likeness (QED) is 0.850. The van der Waals surface area contributed by atoms with Crippen molar-refractivity contribution in [2.75, 3.05) is 5.32 Å². The van der Waals surface area contributed by atoms with Crippen LogP contribution >= 0.6 is 22.7 Å². The summed E-state index contributed by atoms with van der Waals surface area (Å²) in [5, 5.41) is 13.6. The zero-order chi connectivity index (χ0) is 13.8. The minimum atomic E-state index is -1.01. The standard InChI is InChI=1S/C12H10N2O3S2/c1-7-6-9(19-8(7)2-3-10(15)16)11(17)14-12-13-4-5-18-12/h2-6H,1H3,(H,15,16)(H,13,14,17). The van der Waals surface area contributed by atoms with Gasteiger partial charge in [-0.2, -0.15) is 0 Å². The third-order valence-electron chi connectivity index (χ3n) is 2.21. The average Bonchev–Trinajstić information content (AvgIpc) is 2.96. The van der Waals surface area contributed by atoms with E-state index < -0.39 is 5.97 Å². The van der Waals surface area contributed by atoms with E-state index in [1.54, 1.807) is 17.6 Å². The molecule has 0 aliphatic heterocycles. The van der Waals surface area contributed by atoms with Gasteiger partial charge in [-0.3, -0.25) is 10.1 Å². The molecule has 2 rings (SSSR count). The number of thiophene rings is 1. The van der Waals surface area contributed by atoms with Crippen LogP contribution in [0.3, 0.4) is 0 Å². The van der Waals surface area contributed by atoms with E-state index in [2.05, 4.69) is 10.3 Å². The van der Waals surface area contributed by atoms with Crippen molar-refractivity contribution in [2.45, 2.75) is 6.92 Å². The number of aryl methyl sites for hydroxylation is 1. The Bertz CT molecular complexity index is 629. The normalized spacial score (nSPS) is 10.8. The molecule has 0 bridgehead atoms. The van der Waals surface area contributed by atoms with Crippen molar-refractivity contribution in [2.24, 2.45) is 0 Å². The molecule has 5 nitrogen and oxygen atoms in total. The van der Waals surface area contributed by atoms with E-state index in [4.69, 9.17) is 5.11 Å². The molecular formula is C12H10N2O3S2. The molecule has 19 heavy (non-hydrogen) atoms. The van der Waals surface area contributed by atoms with E-state index in [-0.39, 0.29) is 5.91 Å². The molecular weight excluding hydrogens is 284 g/mol. The van der Waals surface area contributed by atoms with Crippen molar-refractivity contribution < 1.29 is 14.7 Å². The van der Waals surface area contributed by atoms with Gasteiger partial charge in [-0.1, -0.05) is 0 Å². The summed E-state index contributed by atoms with van der Waals surface area (Å²) in [6.07, 6.45) is 4.16. The lowest BCUT2D eigenvalue weighted by Gasteiger charge is -1.96. The number of thiazole rings is 1. The van der Waals surface area contributed by atoms with Crippen LogP contribution in [0, 0.1) is 6.92 Å². The fourth-order valence-corrected chi connectivity index (χ4v) is 2.86. The fraction of sp³-hybridized carbons (Fsp3) is 0.0833. The molecule has 0 unspecified atom stereocenters. The molecule has 98 valence electrons. The smallest absolute Gasteiger partial charge is 0.328 e. The molecule has 2 heterocycles. The van der Waals surface area contributed by atoms with Gasteiger partial charge in [0.1, 0.15) is 0 Å². The lowest BCUT2D eigenvalue weighted by Crippen LogP contribution is -2.09. The van der Waals surface area contributed by atoms with E-state index in [0.29, 0.717) is 10.0 Å². The molecule has 0 aliphatic carbocycles. The van der Waals surface area contributed by atoms with E-state index in [9.17, 15) is 9.59 Å². The molecule has 0 spiro atoms. The third kappa shape index (κ3) is 3.49. The Labute approximate surface area is 117 Å². The van der Waals surface area contributed by atoms with E-state index in [1.165, 1.54) is 28.7 Å². The lowest BCUT2D eigenvalue weighted by atomic mass is 10.2. The van der Waals surface area contributed by atoms with Gasteiger partial charge in [-0.25, -0.2) is 9.78 Å². The topological polar surface area (TPSA) is 79.3 Å². The first-order chi connectivity index (χ1) is 9.06. The van der Waals surface area contributed by atoms with Gasteiger partial charge in [-0.15, -0.1) is 22.7 Å². The molecule has 0 radical (unpaired) electrons. The maximum atomic E-state index is 11.9. The van der Waals surface area contributed by atoms with E-state index in [0.717, 1.165) is 16.5 Å². The third-order valence-corrected chi connectivity index (χ3v) is 4.10. The monoisotopic (exact) mass is 294 g/mol. The van der Waals surface area contributed by atoms with Crippen molar-refractivity contribution in [3.8, 4) is 0 Å². The summed E-state index contributed by atoms with van der Waals surface area (Å²) in [7, 11) is 0.